The van der Waals surface area contributed by atoms with Gasteiger partial charge in [-0.2, -0.15) is 0 Å². The van der Waals surface area contributed by atoms with Gasteiger partial charge in [0.1, 0.15) is 5.82 Å². The quantitative estimate of drug-likeness (QED) is 0.768. The number of hydrogen-bond acceptors (Lipinski definition) is 2. The van der Waals surface area contributed by atoms with Crippen molar-refractivity contribution in [2.45, 2.75) is 13.8 Å². The molecule has 2 aromatic carbocycles. The maximum absolute atomic E-state index is 13.7. The van der Waals surface area contributed by atoms with Crippen LogP contribution in [0.25, 0.3) is 10.9 Å². The minimum atomic E-state index is -0.536. The Morgan fingerprint density at radius 3 is 2.64 bits per heavy atom. The first-order chi connectivity index (χ1) is 10.5. The fourth-order valence-electron chi connectivity index (χ4n) is 2.41. The van der Waals surface area contributed by atoms with Crippen LogP contribution in [0.1, 0.15) is 21.6 Å². The molecule has 0 spiro atoms. The highest BCUT2D eigenvalue weighted by Gasteiger charge is 2.13. The van der Waals surface area contributed by atoms with Crippen molar-refractivity contribution in [1.29, 1.82) is 0 Å². The van der Waals surface area contributed by atoms with Gasteiger partial charge in [0.15, 0.2) is 0 Å². The van der Waals surface area contributed by atoms with Crippen LogP contribution in [0.5, 0.6) is 0 Å². The molecule has 0 aliphatic heterocycles. The van der Waals surface area contributed by atoms with Gasteiger partial charge in [0.2, 0.25) is 0 Å². The van der Waals surface area contributed by atoms with E-state index in [0.717, 1.165) is 22.2 Å². The van der Waals surface area contributed by atoms with Crippen molar-refractivity contribution in [2.24, 2.45) is 0 Å². The summed E-state index contributed by atoms with van der Waals surface area (Å²) >= 11 is 0. The van der Waals surface area contributed by atoms with Crippen molar-refractivity contribution in [3.05, 3.63) is 71.2 Å². The Kier molecular flexibility index (Phi) is 3.59. The molecule has 3 nitrogen and oxygen atoms in total. The summed E-state index contributed by atoms with van der Waals surface area (Å²) in [5.74, 6) is -1.00. The predicted molar refractivity (Wildman–Crippen MR) is 85.6 cm³/mol. The summed E-state index contributed by atoms with van der Waals surface area (Å²) in [5.41, 5.74) is 3.33. The first kappa shape index (κ1) is 14.2. The van der Waals surface area contributed by atoms with E-state index in [-0.39, 0.29) is 5.56 Å². The second kappa shape index (κ2) is 5.56. The summed E-state index contributed by atoms with van der Waals surface area (Å²) in [5, 5.41) is 3.63. The molecule has 0 radical (unpaired) electrons. The molecule has 0 atom stereocenters. The number of fused-ring (bicyclic) bond motifs is 1. The molecule has 1 amide bonds. The van der Waals surface area contributed by atoms with Gasteiger partial charge in [0, 0.05) is 11.1 Å². The number of nitrogens with one attached hydrogen (secondary N) is 1. The normalized spacial score (nSPS) is 10.7. The van der Waals surface area contributed by atoms with Crippen molar-refractivity contribution in [3.8, 4) is 0 Å². The smallest absolute Gasteiger partial charge is 0.258 e. The number of carbonyl (C=O) groups is 1. The second-order valence-corrected chi connectivity index (χ2v) is 5.27. The van der Waals surface area contributed by atoms with E-state index in [0.29, 0.717) is 5.69 Å². The molecular formula is C18H15FN2O. The van der Waals surface area contributed by atoms with Crippen molar-refractivity contribution in [3.63, 3.8) is 0 Å². The highest BCUT2D eigenvalue weighted by atomic mass is 19.1. The van der Waals surface area contributed by atoms with E-state index >= 15 is 0 Å². The number of benzene rings is 2. The minimum Gasteiger partial charge on any atom is -0.321 e. The van der Waals surface area contributed by atoms with Crippen LogP contribution in [0.15, 0.2) is 48.5 Å². The highest BCUT2D eigenvalue weighted by Crippen LogP contribution is 2.25. The molecule has 0 saturated carbocycles. The third-order valence-corrected chi connectivity index (χ3v) is 3.46. The number of amides is 1. The van der Waals surface area contributed by atoms with Gasteiger partial charge in [-0.15, -0.1) is 0 Å². The molecule has 1 heterocycles. The monoisotopic (exact) mass is 294 g/mol. The number of rotatable bonds is 2. The third-order valence-electron chi connectivity index (χ3n) is 3.46. The van der Waals surface area contributed by atoms with E-state index in [1.165, 1.54) is 12.1 Å². The Bertz CT molecular complexity index is 874. The van der Waals surface area contributed by atoms with Crippen LogP contribution in [0.3, 0.4) is 0 Å². The number of halogens is 1. The molecule has 0 bridgehead atoms. The largest absolute Gasteiger partial charge is 0.321 e. The topological polar surface area (TPSA) is 42.0 Å². The average molecular weight is 294 g/mol. The molecule has 3 aromatic rings. The van der Waals surface area contributed by atoms with Gasteiger partial charge in [-0.05, 0) is 44.2 Å². The molecule has 22 heavy (non-hydrogen) atoms. The van der Waals surface area contributed by atoms with Crippen LogP contribution in [-0.4, -0.2) is 10.9 Å². The van der Waals surface area contributed by atoms with Crippen molar-refractivity contribution >= 4 is 22.5 Å². The van der Waals surface area contributed by atoms with Crippen LogP contribution >= 0.6 is 0 Å². The van der Waals surface area contributed by atoms with Crippen LogP contribution < -0.4 is 5.32 Å². The zero-order valence-electron chi connectivity index (χ0n) is 12.4. The minimum absolute atomic E-state index is 0.0257. The van der Waals surface area contributed by atoms with Crippen LogP contribution in [0.4, 0.5) is 10.1 Å². The van der Waals surface area contributed by atoms with E-state index in [2.05, 4.69) is 10.3 Å². The fourth-order valence-corrected chi connectivity index (χ4v) is 2.41. The van der Waals surface area contributed by atoms with E-state index in [1.54, 1.807) is 18.2 Å². The molecule has 110 valence electrons. The maximum atomic E-state index is 13.7. The van der Waals surface area contributed by atoms with Crippen LogP contribution in [-0.2, 0) is 0 Å². The number of carbonyl (C=O) groups excluding carboxylic acids is 1. The summed E-state index contributed by atoms with van der Waals surface area (Å²) in [4.78, 5) is 16.8. The van der Waals surface area contributed by atoms with Crippen molar-refractivity contribution in [2.75, 3.05) is 5.32 Å². The molecule has 0 aliphatic carbocycles. The number of nitrogens with zero attached hydrogens (tertiary/aromatic N) is 1. The Hall–Kier alpha value is -2.75. The van der Waals surface area contributed by atoms with Gasteiger partial charge in [-0.25, -0.2) is 4.39 Å². The van der Waals surface area contributed by atoms with Gasteiger partial charge < -0.3 is 5.32 Å². The fraction of sp³-hybridized carbons (Fsp3) is 0.111. The van der Waals surface area contributed by atoms with Gasteiger partial charge in [-0.1, -0.05) is 23.8 Å². The van der Waals surface area contributed by atoms with E-state index in [1.807, 2.05) is 32.0 Å². The average Bonchev–Trinajstić information content (AvgIpc) is 2.48. The van der Waals surface area contributed by atoms with Crippen molar-refractivity contribution < 1.29 is 9.18 Å². The Morgan fingerprint density at radius 1 is 1.09 bits per heavy atom. The predicted octanol–water partition coefficient (Wildman–Crippen LogP) is 4.24. The highest BCUT2D eigenvalue weighted by molar-refractivity contribution is 6.08. The summed E-state index contributed by atoms with van der Waals surface area (Å²) in [7, 11) is 0. The number of aryl methyl sites for hydroxylation is 2. The van der Waals surface area contributed by atoms with E-state index < -0.39 is 11.7 Å². The lowest BCUT2D eigenvalue weighted by Gasteiger charge is -2.11. The zero-order chi connectivity index (χ0) is 15.7. The summed E-state index contributed by atoms with van der Waals surface area (Å²) < 4.78 is 13.7. The first-order valence-electron chi connectivity index (χ1n) is 6.98. The lowest BCUT2D eigenvalue weighted by Crippen LogP contribution is -2.14. The Morgan fingerprint density at radius 2 is 1.86 bits per heavy atom. The molecule has 1 N–H and O–H groups in total. The van der Waals surface area contributed by atoms with Gasteiger partial charge in [0.05, 0.1) is 16.8 Å². The Labute approximate surface area is 127 Å². The molecule has 3 rings (SSSR count). The first-order valence-corrected chi connectivity index (χ1v) is 6.98. The molecular weight excluding hydrogens is 279 g/mol. The third kappa shape index (κ3) is 2.68. The summed E-state index contributed by atoms with van der Waals surface area (Å²) in [6.07, 6.45) is 0. The number of aromatic nitrogens is 1. The Balaban J connectivity index is 2.05. The summed E-state index contributed by atoms with van der Waals surface area (Å²) in [6, 6.07) is 13.6. The molecule has 0 unspecified atom stereocenters. The van der Waals surface area contributed by atoms with Gasteiger partial charge in [-0.3, -0.25) is 9.78 Å². The molecule has 1 aromatic heterocycles. The zero-order valence-corrected chi connectivity index (χ0v) is 12.4. The standard InChI is InChI=1S/C18H15FN2O/c1-11-7-8-16-14(9-11)17(10-12(2)20-16)21-18(22)13-5-3-4-6-15(13)19/h3-10H,1-2H3,(H,20,21,22). The van der Waals surface area contributed by atoms with Gasteiger partial charge >= 0.3 is 0 Å². The molecule has 0 saturated heterocycles. The van der Waals surface area contributed by atoms with Crippen molar-refractivity contribution in [1.82, 2.24) is 4.98 Å². The van der Waals surface area contributed by atoms with Crippen LogP contribution in [0, 0.1) is 19.7 Å². The van der Waals surface area contributed by atoms with Gasteiger partial charge in [0.25, 0.3) is 5.91 Å². The number of pyridine rings is 1. The molecule has 4 heteroatoms. The SMILES string of the molecule is Cc1ccc2nc(C)cc(NC(=O)c3ccccc3F)c2c1. The molecule has 0 fully saturated rings. The maximum Gasteiger partial charge on any atom is 0.258 e. The second-order valence-electron chi connectivity index (χ2n) is 5.27. The van der Waals surface area contributed by atoms with E-state index in [9.17, 15) is 9.18 Å². The summed E-state index contributed by atoms with van der Waals surface area (Å²) in [6.45, 7) is 3.83. The number of anilines is 1. The number of hydrogen-bond donors (Lipinski definition) is 1. The van der Waals surface area contributed by atoms with Crippen LogP contribution in [0.2, 0.25) is 0 Å². The lowest BCUT2D eigenvalue weighted by molar-refractivity contribution is 0.102. The van der Waals surface area contributed by atoms with E-state index in [4.69, 9.17) is 0 Å². The molecule has 0 aliphatic rings. The lowest BCUT2D eigenvalue weighted by atomic mass is 10.1.